The highest BCUT2D eigenvalue weighted by molar-refractivity contribution is 7.99. The summed E-state index contributed by atoms with van der Waals surface area (Å²) in [4.78, 5) is 36.9. The van der Waals surface area contributed by atoms with Crippen LogP contribution in [0.1, 0.15) is 27.9 Å². The minimum absolute atomic E-state index is 0. The second-order valence-corrected chi connectivity index (χ2v) is 17.8. The monoisotopic (exact) mass is 933 g/mol. The van der Waals surface area contributed by atoms with Crippen LogP contribution in [0.5, 0.6) is 0 Å². The van der Waals surface area contributed by atoms with Gasteiger partial charge in [0.25, 0.3) is 21.6 Å². The second-order valence-electron chi connectivity index (χ2n) is 14.6. The maximum absolute atomic E-state index is 13.5. The summed E-state index contributed by atoms with van der Waals surface area (Å²) in [5.74, 6) is -0.183. The molecule has 2 aliphatic rings. The molecule has 2 aliphatic heterocycles. The van der Waals surface area contributed by atoms with Gasteiger partial charge < -0.3 is 15.1 Å². The van der Waals surface area contributed by atoms with Crippen molar-refractivity contribution in [3.05, 3.63) is 141 Å². The van der Waals surface area contributed by atoms with Gasteiger partial charge in [-0.2, -0.15) is 0 Å². The first kappa shape index (κ1) is 48.5. The maximum Gasteiger partial charge on any atom is 0.293 e. The fourth-order valence-corrected chi connectivity index (χ4v) is 9.62. The molecule has 60 heavy (non-hydrogen) atoms. The third kappa shape index (κ3) is 11.8. The smallest absolute Gasteiger partial charge is 0.293 e. The number of nitrogens with one attached hydrogen (secondary N) is 2. The lowest BCUT2D eigenvalue weighted by Crippen LogP contribution is -2.54. The molecule has 320 valence electrons. The first-order valence-electron chi connectivity index (χ1n) is 18.7. The SMILES string of the molecule is CN(C)C[C@H](CSc1ccccc1)Nc1ccc(S(=O)(=O)NC(=O)c2ccc3c(c2)CC[C@@H]2CN(Cc4cnccc4-c4ccc(Cl)cc4)CCN32)cc1[N+](=O)[O-].Cl.Cl.Cl. The number of carbonyl (C=O) groups is 1. The quantitative estimate of drug-likeness (QED) is 0.0630. The third-order valence-electron chi connectivity index (χ3n) is 10.3. The Morgan fingerprint density at radius 1 is 1.00 bits per heavy atom. The molecule has 1 amide bonds. The molecule has 2 N–H and O–H groups in total. The maximum atomic E-state index is 13.5. The third-order valence-corrected chi connectivity index (χ3v) is 13.0. The Hall–Kier alpha value is -4.12. The summed E-state index contributed by atoms with van der Waals surface area (Å²) in [5, 5.41) is 16.1. The zero-order valence-corrected chi connectivity index (χ0v) is 37.7. The number of piperazine rings is 1. The van der Waals surface area contributed by atoms with E-state index in [4.69, 9.17) is 11.6 Å². The number of amides is 1. The van der Waals surface area contributed by atoms with Crippen molar-refractivity contribution in [3.8, 4) is 11.1 Å². The molecule has 1 fully saturated rings. The number of rotatable bonds is 14. The summed E-state index contributed by atoms with van der Waals surface area (Å²) in [5.41, 5.74) is 5.41. The van der Waals surface area contributed by atoms with E-state index in [1.165, 1.54) is 12.1 Å². The van der Waals surface area contributed by atoms with Crippen molar-refractivity contribution in [1.29, 1.82) is 0 Å². The van der Waals surface area contributed by atoms with Crippen LogP contribution in [-0.2, 0) is 23.0 Å². The summed E-state index contributed by atoms with van der Waals surface area (Å²) in [6, 6.07) is 28.8. The number of pyridine rings is 1. The van der Waals surface area contributed by atoms with Crippen LogP contribution in [0.15, 0.2) is 119 Å². The molecular formula is C42H47Cl4N7O5S2. The Balaban J connectivity index is 0.00000265. The number of nitrogens with zero attached hydrogens (tertiary/aromatic N) is 5. The Bertz CT molecular complexity index is 2360. The van der Waals surface area contributed by atoms with Crippen molar-refractivity contribution in [2.24, 2.45) is 0 Å². The van der Waals surface area contributed by atoms with E-state index in [1.54, 1.807) is 23.9 Å². The molecule has 2 atom stereocenters. The van der Waals surface area contributed by atoms with Crippen molar-refractivity contribution < 1.29 is 18.1 Å². The number of nitro groups is 1. The van der Waals surface area contributed by atoms with Gasteiger partial charge in [0.1, 0.15) is 5.69 Å². The molecule has 18 heteroatoms. The number of likely N-dealkylation sites (N-methyl/N-ethyl adjacent to an activating group) is 1. The second kappa shape index (κ2) is 21.6. The molecule has 0 unspecified atom stereocenters. The number of hydrogen-bond donors (Lipinski definition) is 2. The molecule has 0 spiro atoms. The summed E-state index contributed by atoms with van der Waals surface area (Å²) in [6.45, 7) is 3.87. The van der Waals surface area contributed by atoms with Crippen LogP contribution in [0.3, 0.4) is 0 Å². The summed E-state index contributed by atoms with van der Waals surface area (Å²) >= 11 is 7.75. The predicted molar refractivity (Wildman–Crippen MR) is 248 cm³/mol. The Labute approximate surface area is 378 Å². The average molecular weight is 936 g/mol. The zero-order chi connectivity index (χ0) is 40.1. The van der Waals surface area contributed by atoms with Gasteiger partial charge in [-0.25, -0.2) is 13.1 Å². The average Bonchev–Trinajstić information content (AvgIpc) is 3.20. The lowest BCUT2D eigenvalue weighted by molar-refractivity contribution is -0.384. The zero-order valence-electron chi connectivity index (χ0n) is 32.9. The first-order valence-corrected chi connectivity index (χ1v) is 21.5. The minimum Gasteiger partial charge on any atom is -0.375 e. The van der Waals surface area contributed by atoms with Crippen LogP contribution in [0.25, 0.3) is 11.1 Å². The number of benzene rings is 4. The van der Waals surface area contributed by atoms with E-state index in [-0.39, 0.29) is 65.5 Å². The molecule has 1 aromatic heterocycles. The summed E-state index contributed by atoms with van der Waals surface area (Å²) in [7, 11) is -0.608. The predicted octanol–water partition coefficient (Wildman–Crippen LogP) is 8.47. The molecule has 0 aliphatic carbocycles. The number of nitro benzene ring substituents is 1. The Morgan fingerprint density at radius 2 is 1.75 bits per heavy atom. The highest BCUT2D eigenvalue weighted by atomic mass is 35.5. The van der Waals surface area contributed by atoms with Crippen molar-refractivity contribution in [3.63, 3.8) is 0 Å². The fourth-order valence-electron chi connectivity index (χ4n) is 7.57. The molecular weight excluding hydrogens is 888 g/mol. The van der Waals surface area contributed by atoms with Crippen molar-refractivity contribution in [2.75, 3.05) is 56.2 Å². The van der Waals surface area contributed by atoms with E-state index >= 15 is 0 Å². The standard InChI is InChI=1S/C42H44ClN7O5S2.3ClH/c1-47(2)26-34(28-56-36-6-4-3-5-7-36)45-39-16-15-37(23-41(39)50(52)53)57(54,55)46-42(51)31-11-17-40-30(22-31)10-14-35-27-48(20-21-49(35)40)25-32-24-44-19-18-38(32)29-8-12-33(43)13-9-29;;;/h3-9,11-13,15-19,22-24,34-35,45H,10,14,20-21,25-28H2,1-2H3,(H,46,51);3*1H/t34-,35-;;;/m1.../s1. The number of aromatic nitrogens is 1. The Kier molecular flexibility index (Phi) is 17.5. The van der Waals surface area contributed by atoms with Gasteiger partial charge in [0.15, 0.2) is 0 Å². The number of anilines is 2. The molecule has 3 heterocycles. The van der Waals surface area contributed by atoms with Crippen molar-refractivity contribution in [1.82, 2.24) is 19.5 Å². The van der Waals surface area contributed by atoms with Crippen LogP contribution >= 0.6 is 60.6 Å². The van der Waals surface area contributed by atoms with E-state index in [0.29, 0.717) is 17.3 Å². The van der Waals surface area contributed by atoms with E-state index in [0.717, 1.165) is 77.9 Å². The van der Waals surface area contributed by atoms with Gasteiger partial charge in [-0.1, -0.05) is 41.9 Å². The largest absolute Gasteiger partial charge is 0.375 e. The molecule has 0 saturated carbocycles. The van der Waals surface area contributed by atoms with Crippen LogP contribution in [-0.4, -0.2) is 92.1 Å². The number of sulfonamides is 1. The van der Waals surface area contributed by atoms with Gasteiger partial charge in [-0.15, -0.1) is 49.0 Å². The number of halogens is 4. The van der Waals surface area contributed by atoms with Gasteiger partial charge in [0.2, 0.25) is 0 Å². The number of aryl methyl sites for hydroxylation is 1. The van der Waals surface area contributed by atoms with Crippen LogP contribution in [0, 0.1) is 10.1 Å². The van der Waals surface area contributed by atoms with Crippen molar-refractivity contribution >= 4 is 93.6 Å². The van der Waals surface area contributed by atoms with Crippen LogP contribution < -0.4 is 14.9 Å². The molecule has 0 radical (unpaired) electrons. The topological polar surface area (TPSA) is 141 Å². The van der Waals surface area contributed by atoms with Gasteiger partial charge in [0.05, 0.1) is 9.82 Å². The lowest BCUT2D eigenvalue weighted by Gasteiger charge is -2.46. The van der Waals surface area contributed by atoms with Crippen LogP contribution in [0.4, 0.5) is 17.1 Å². The minimum atomic E-state index is -4.44. The first-order chi connectivity index (χ1) is 27.4. The normalized spacial score (nSPS) is 15.3. The molecule has 0 bridgehead atoms. The fraction of sp³-hybridized carbons (Fsp3) is 0.286. The van der Waals surface area contributed by atoms with E-state index in [2.05, 4.69) is 24.8 Å². The number of carbonyl (C=O) groups excluding carboxylic acids is 1. The Morgan fingerprint density at radius 3 is 2.47 bits per heavy atom. The van der Waals surface area contributed by atoms with Crippen LogP contribution in [0.2, 0.25) is 5.02 Å². The highest BCUT2D eigenvalue weighted by Crippen LogP contribution is 2.35. The molecule has 5 aromatic rings. The summed E-state index contributed by atoms with van der Waals surface area (Å²) < 4.78 is 29.1. The van der Waals surface area contributed by atoms with E-state index in [9.17, 15) is 23.3 Å². The highest BCUT2D eigenvalue weighted by Gasteiger charge is 2.33. The summed E-state index contributed by atoms with van der Waals surface area (Å²) in [6.07, 6.45) is 5.36. The number of thioether (sulfide) groups is 1. The van der Waals surface area contributed by atoms with Gasteiger partial charge in [0, 0.05) is 90.2 Å². The lowest BCUT2D eigenvalue weighted by atomic mass is 9.92. The van der Waals surface area contributed by atoms with Gasteiger partial charge in [-0.3, -0.25) is 24.8 Å². The van der Waals surface area contributed by atoms with E-state index in [1.807, 2.05) is 98.1 Å². The molecule has 4 aromatic carbocycles. The molecule has 1 saturated heterocycles. The van der Waals surface area contributed by atoms with Crippen molar-refractivity contribution in [2.45, 2.75) is 41.3 Å². The van der Waals surface area contributed by atoms with Gasteiger partial charge >= 0.3 is 0 Å². The van der Waals surface area contributed by atoms with E-state index < -0.39 is 26.5 Å². The van der Waals surface area contributed by atoms with Gasteiger partial charge in [-0.05, 0) is 110 Å². The number of fused-ring (bicyclic) bond motifs is 3. The number of hydrogen-bond acceptors (Lipinski definition) is 11. The molecule has 7 rings (SSSR count). The molecule has 12 nitrogen and oxygen atoms in total.